The van der Waals surface area contributed by atoms with Crippen molar-refractivity contribution < 1.29 is 28.6 Å². The van der Waals surface area contributed by atoms with Gasteiger partial charge in [-0.05, 0) is 127 Å². The van der Waals surface area contributed by atoms with Gasteiger partial charge in [0, 0.05) is 19.3 Å². The molecule has 0 spiro atoms. The minimum atomic E-state index is -0.0804. The van der Waals surface area contributed by atoms with Crippen molar-refractivity contribution in [2.75, 3.05) is 33.9 Å². The van der Waals surface area contributed by atoms with Crippen LogP contribution in [0.15, 0.2) is 0 Å². The van der Waals surface area contributed by atoms with Crippen molar-refractivity contribution >= 4 is 17.9 Å². The summed E-state index contributed by atoms with van der Waals surface area (Å²) in [6.07, 6.45) is 21.1. The molecule has 0 aromatic heterocycles. The summed E-state index contributed by atoms with van der Waals surface area (Å²) in [6, 6.07) is 0. The smallest absolute Gasteiger partial charge is 0.306 e. The van der Waals surface area contributed by atoms with Gasteiger partial charge < -0.3 is 19.1 Å². The minimum Gasteiger partial charge on any atom is -0.466 e. The van der Waals surface area contributed by atoms with Crippen LogP contribution in [0.5, 0.6) is 0 Å². The fourth-order valence-corrected chi connectivity index (χ4v) is 6.90. The molecule has 0 N–H and O–H groups in total. The van der Waals surface area contributed by atoms with Crippen LogP contribution >= 0.6 is 0 Å². The van der Waals surface area contributed by atoms with Crippen LogP contribution in [0.1, 0.15) is 197 Å². The van der Waals surface area contributed by atoms with E-state index in [1.807, 2.05) is 14.1 Å². The first kappa shape index (κ1) is 50.4. The molecule has 2 unspecified atom stereocenters. The highest BCUT2D eigenvalue weighted by molar-refractivity contribution is 5.70. The Labute approximate surface area is 322 Å². The van der Waals surface area contributed by atoms with E-state index in [1.165, 1.54) is 25.7 Å². The van der Waals surface area contributed by atoms with Crippen molar-refractivity contribution in [3.05, 3.63) is 0 Å². The van der Waals surface area contributed by atoms with E-state index >= 15 is 0 Å². The van der Waals surface area contributed by atoms with Crippen LogP contribution in [-0.2, 0) is 28.6 Å². The van der Waals surface area contributed by atoms with Gasteiger partial charge in [0.2, 0.25) is 0 Å². The van der Waals surface area contributed by atoms with Crippen LogP contribution < -0.4 is 0 Å². The standard InChI is InChI=1S/C45H87NO6/c1-36(2)27-29-40(38(5)6)31-34-50-43(47)24-19-15-11-13-17-22-42(52-45(49)26-21-33-46(9)10)23-18-14-12-16-20-25-44(48)51-35-32-41(39(7)8)30-28-37(3)4/h36-42H,11-35H2,1-10H3. The van der Waals surface area contributed by atoms with E-state index in [9.17, 15) is 14.4 Å². The molecule has 0 bridgehead atoms. The molecule has 0 rings (SSSR count). The van der Waals surface area contributed by atoms with Crippen LogP contribution in [0, 0.1) is 35.5 Å². The number of esters is 3. The number of carbonyl (C=O) groups is 3. The first-order valence-electron chi connectivity index (χ1n) is 21.9. The largest absolute Gasteiger partial charge is 0.466 e. The van der Waals surface area contributed by atoms with E-state index < -0.39 is 0 Å². The van der Waals surface area contributed by atoms with Crippen LogP contribution in [0.2, 0.25) is 0 Å². The Hall–Kier alpha value is -1.63. The van der Waals surface area contributed by atoms with Gasteiger partial charge in [0.05, 0.1) is 13.2 Å². The maximum absolute atomic E-state index is 12.6. The van der Waals surface area contributed by atoms with E-state index in [0.29, 0.717) is 68.0 Å². The van der Waals surface area contributed by atoms with Gasteiger partial charge in [-0.2, -0.15) is 0 Å². The number of rotatable bonds is 35. The molecule has 0 aromatic rings. The predicted molar refractivity (Wildman–Crippen MR) is 218 cm³/mol. The fraction of sp³-hybridized carbons (Fsp3) is 0.933. The van der Waals surface area contributed by atoms with Crippen molar-refractivity contribution in [3.63, 3.8) is 0 Å². The van der Waals surface area contributed by atoms with Crippen molar-refractivity contribution in [2.45, 2.75) is 203 Å². The Kier molecular flexibility index (Phi) is 31.7. The van der Waals surface area contributed by atoms with Gasteiger partial charge in [-0.15, -0.1) is 0 Å². The minimum absolute atomic E-state index is 0.0257. The maximum Gasteiger partial charge on any atom is 0.306 e. The molecular formula is C45H87NO6. The maximum atomic E-state index is 12.6. The molecule has 0 saturated heterocycles. The molecule has 0 radical (unpaired) electrons. The summed E-state index contributed by atoms with van der Waals surface area (Å²) in [5, 5.41) is 0. The van der Waals surface area contributed by atoms with Gasteiger partial charge in [0.1, 0.15) is 6.10 Å². The number of hydrogen-bond acceptors (Lipinski definition) is 7. The van der Waals surface area contributed by atoms with Crippen molar-refractivity contribution in [1.82, 2.24) is 4.90 Å². The van der Waals surface area contributed by atoms with E-state index in [2.05, 4.69) is 60.3 Å². The molecule has 308 valence electrons. The van der Waals surface area contributed by atoms with Gasteiger partial charge >= 0.3 is 17.9 Å². The molecule has 0 fully saturated rings. The summed E-state index contributed by atoms with van der Waals surface area (Å²) in [6.45, 7) is 20.1. The lowest BCUT2D eigenvalue weighted by Gasteiger charge is -2.21. The topological polar surface area (TPSA) is 82.1 Å². The lowest BCUT2D eigenvalue weighted by atomic mass is 9.86. The zero-order valence-electron chi connectivity index (χ0n) is 36.1. The Morgan fingerprint density at radius 3 is 1.21 bits per heavy atom. The Bertz CT molecular complexity index is 814. The average molecular weight is 738 g/mol. The quantitative estimate of drug-likeness (QED) is 0.0364. The normalized spacial score (nSPS) is 13.7. The monoisotopic (exact) mass is 738 g/mol. The lowest BCUT2D eigenvalue weighted by Crippen LogP contribution is -2.20. The number of nitrogens with zero attached hydrogens (tertiary/aromatic N) is 1. The Balaban J connectivity index is 4.31. The Morgan fingerprint density at radius 1 is 0.442 bits per heavy atom. The zero-order valence-corrected chi connectivity index (χ0v) is 36.1. The summed E-state index contributed by atoms with van der Waals surface area (Å²) in [5.41, 5.74) is 0. The average Bonchev–Trinajstić information content (AvgIpc) is 3.05. The third-order valence-corrected chi connectivity index (χ3v) is 10.7. The summed E-state index contributed by atoms with van der Waals surface area (Å²) in [5.74, 6) is 3.71. The second-order valence-corrected chi connectivity index (χ2v) is 17.6. The molecule has 0 aliphatic heterocycles. The number of hydrogen-bond donors (Lipinski definition) is 0. The number of ether oxygens (including phenoxy) is 3. The molecule has 2 atom stereocenters. The lowest BCUT2D eigenvalue weighted by molar-refractivity contribution is -0.150. The first-order chi connectivity index (χ1) is 24.7. The molecule has 0 amide bonds. The molecule has 0 saturated carbocycles. The highest BCUT2D eigenvalue weighted by Crippen LogP contribution is 2.25. The fourth-order valence-electron chi connectivity index (χ4n) is 6.90. The molecule has 0 aliphatic carbocycles. The highest BCUT2D eigenvalue weighted by atomic mass is 16.5. The third kappa shape index (κ3) is 31.9. The molecule has 0 heterocycles. The first-order valence-corrected chi connectivity index (χ1v) is 21.9. The van der Waals surface area contributed by atoms with Crippen LogP contribution in [0.3, 0.4) is 0 Å². The summed E-state index contributed by atoms with van der Waals surface area (Å²) in [4.78, 5) is 39.3. The highest BCUT2D eigenvalue weighted by Gasteiger charge is 2.17. The Morgan fingerprint density at radius 2 is 0.827 bits per heavy atom. The number of carbonyl (C=O) groups excluding carboxylic acids is 3. The molecule has 7 heteroatoms. The van der Waals surface area contributed by atoms with Crippen molar-refractivity contribution in [3.8, 4) is 0 Å². The molecular weight excluding hydrogens is 650 g/mol. The molecule has 52 heavy (non-hydrogen) atoms. The summed E-state index contributed by atoms with van der Waals surface area (Å²) >= 11 is 0. The van der Waals surface area contributed by atoms with Gasteiger partial charge in [0.25, 0.3) is 0 Å². The summed E-state index contributed by atoms with van der Waals surface area (Å²) in [7, 11) is 4.05. The molecule has 7 nitrogen and oxygen atoms in total. The SMILES string of the molecule is CC(C)CCC(CCOC(=O)CCCCCCCC(CCCCCCCC(=O)OCCC(CCC(C)C)C(C)C)OC(=O)CCCN(C)C)C(C)C. The van der Waals surface area contributed by atoms with E-state index in [1.54, 1.807) is 0 Å². The van der Waals surface area contributed by atoms with E-state index in [-0.39, 0.29) is 24.0 Å². The predicted octanol–water partition coefficient (Wildman–Crippen LogP) is 12.0. The van der Waals surface area contributed by atoms with Gasteiger partial charge in [0.15, 0.2) is 0 Å². The zero-order chi connectivity index (χ0) is 39.1. The third-order valence-electron chi connectivity index (χ3n) is 10.7. The van der Waals surface area contributed by atoms with Gasteiger partial charge in [-0.3, -0.25) is 14.4 Å². The van der Waals surface area contributed by atoms with E-state index in [4.69, 9.17) is 14.2 Å². The van der Waals surface area contributed by atoms with Crippen molar-refractivity contribution in [1.29, 1.82) is 0 Å². The molecule has 0 aromatic carbocycles. The van der Waals surface area contributed by atoms with Crippen LogP contribution in [0.25, 0.3) is 0 Å². The number of unbranched alkanes of at least 4 members (excludes halogenated alkanes) is 8. The van der Waals surface area contributed by atoms with Gasteiger partial charge in [-0.25, -0.2) is 0 Å². The van der Waals surface area contributed by atoms with Crippen LogP contribution in [0.4, 0.5) is 0 Å². The van der Waals surface area contributed by atoms with Crippen LogP contribution in [-0.4, -0.2) is 62.8 Å². The van der Waals surface area contributed by atoms with E-state index in [0.717, 1.165) is 103 Å². The summed E-state index contributed by atoms with van der Waals surface area (Å²) < 4.78 is 17.1. The van der Waals surface area contributed by atoms with Crippen molar-refractivity contribution in [2.24, 2.45) is 35.5 Å². The molecule has 0 aliphatic rings. The van der Waals surface area contributed by atoms with Gasteiger partial charge in [-0.1, -0.05) is 107 Å². The second-order valence-electron chi connectivity index (χ2n) is 17.6. The second kappa shape index (κ2) is 32.8.